The summed E-state index contributed by atoms with van der Waals surface area (Å²) in [4.78, 5) is 14.9. The van der Waals surface area contributed by atoms with E-state index in [1.54, 1.807) is 20.8 Å². The van der Waals surface area contributed by atoms with E-state index in [0.29, 0.717) is 0 Å². The van der Waals surface area contributed by atoms with E-state index in [4.69, 9.17) is 16.3 Å². The van der Waals surface area contributed by atoms with Gasteiger partial charge in [-0.25, -0.2) is 14.2 Å². The molecule has 0 aromatic carbocycles. The number of hydrogen-bond acceptors (Lipinski definition) is 3. The minimum Gasteiger partial charge on any atom is -0.444 e. The molecule has 0 fully saturated rings. The van der Waals surface area contributed by atoms with Crippen LogP contribution in [0.3, 0.4) is 0 Å². The van der Waals surface area contributed by atoms with Gasteiger partial charge in [0.25, 0.3) is 0 Å². The van der Waals surface area contributed by atoms with Crippen LogP contribution < -0.4 is 5.32 Å². The number of carbonyl (C=O) groups is 1. The van der Waals surface area contributed by atoms with Crippen molar-refractivity contribution in [2.24, 2.45) is 0 Å². The largest absolute Gasteiger partial charge is 0.444 e. The third kappa shape index (κ3) is 6.07. The topological polar surface area (TPSA) is 51.2 Å². The van der Waals surface area contributed by atoms with E-state index in [-0.39, 0.29) is 17.3 Å². The maximum absolute atomic E-state index is 13.2. The minimum atomic E-state index is -0.574. The molecule has 4 nitrogen and oxygen atoms in total. The summed E-state index contributed by atoms with van der Waals surface area (Å²) in [5, 5.41) is 2.60. The number of rotatable bonds is 1. The fourth-order valence-corrected chi connectivity index (χ4v) is 1.24. The zero-order valence-electron chi connectivity index (χ0n) is 10.9. The number of aromatic nitrogens is 1. The Balaban J connectivity index is 2.52. The van der Waals surface area contributed by atoms with Crippen LogP contribution in [0, 0.1) is 17.7 Å². The third-order valence-corrected chi connectivity index (χ3v) is 1.97. The van der Waals surface area contributed by atoms with E-state index in [1.807, 2.05) is 0 Å². The molecular weight excluding hydrogens is 271 g/mol. The van der Waals surface area contributed by atoms with E-state index in [9.17, 15) is 9.18 Å². The fraction of sp³-hybridized carbons (Fsp3) is 0.385. The number of halogens is 2. The molecule has 0 unspecified atom stereocenters. The van der Waals surface area contributed by atoms with Crippen LogP contribution in [0.1, 0.15) is 26.3 Å². The van der Waals surface area contributed by atoms with Crippen molar-refractivity contribution < 1.29 is 13.9 Å². The maximum Gasteiger partial charge on any atom is 0.408 e. The average molecular weight is 285 g/mol. The summed E-state index contributed by atoms with van der Waals surface area (Å²) in [7, 11) is 0. The van der Waals surface area contributed by atoms with Crippen molar-refractivity contribution >= 4 is 17.7 Å². The van der Waals surface area contributed by atoms with Gasteiger partial charge in [-0.1, -0.05) is 23.4 Å². The van der Waals surface area contributed by atoms with E-state index in [2.05, 4.69) is 22.1 Å². The highest BCUT2D eigenvalue weighted by atomic mass is 35.5. The lowest BCUT2D eigenvalue weighted by Crippen LogP contribution is -2.32. The molecule has 19 heavy (non-hydrogen) atoms. The molecule has 1 amide bonds. The quantitative estimate of drug-likeness (QED) is 0.637. The number of ether oxygens (including phenoxy) is 1. The molecule has 1 rings (SSSR count). The average Bonchev–Trinajstić information content (AvgIpc) is 2.26. The van der Waals surface area contributed by atoms with Gasteiger partial charge in [0, 0.05) is 0 Å². The molecule has 0 radical (unpaired) electrons. The summed E-state index contributed by atoms with van der Waals surface area (Å²) in [6.07, 6.45) is 0.420. The van der Waals surface area contributed by atoms with Crippen molar-refractivity contribution in [3.05, 3.63) is 28.8 Å². The Labute approximate surface area is 116 Å². The van der Waals surface area contributed by atoms with Gasteiger partial charge in [0.05, 0.1) is 18.3 Å². The molecule has 0 saturated carbocycles. The zero-order chi connectivity index (χ0) is 14.5. The van der Waals surface area contributed by atoms with E-state index >= 15 is 0 Å². The molecule has 0 saturated heterocycles. The monoisotopic (exact) mass is 284 g/mol. The van der Waals surface area contributed by atoms with Crippen LogP contribution in [-0.2, 0) is 4.74 Å². The second kappa shape index (κ2) is 6.39. The maximum atomic E-state index is 13.2. The SMILES string of the molecule is CC(C)(C)OC(=O)NCC#Cc1cc(Cl)ncc1F. The first kappa shape index (κ1) is 15.3. The van der Waals surface area contributed by atoms with Crippen LogP contribution >= 0.6 is 11.6 Å². The van der Waals surface area contributed by atoms with Crippen molar-refractivity contribution in [3.8, 4) is 11.8 Å². The first-order chi connectivity index (χ1) is 8.78. The van der Waals surface area contributed by atoms with Crippen molar-refractivity contribution in [1.82, 2.24) is 10.3 Å². The van der Waals surface area contributed by atoms with Gasteiger partial charge in [0.15, 0.2) is 5.82 Å². The Bertz CT molecular complexity index is 530. The van der Waals surface area contributed by atoms with Crippen LogP contribution in [0.2, 0.25) is 5.15 Å². The number of nitrogens with zero attached hydrogens (tertiary/aromatic N) is 1. The molecule has 1 N–H and O–H groups in total. The Morgan fingerprint density at radius 1 is 1.58 bits per heavy atom. The number of carbonyl (C=O) groups excluding carboxylic acids is 1. The second-order valence-corrected chi connectivity index (χ2v) is 5.03. The van der Waals surface area contributed by atoms with Gasteiger partial charge in [-0.05, 0) is 26.8 Å². The minimum absolute atomic E-state index is 0.0499. The Kier molecular flexibility index (Phi) is 5.13. The second-order valence-electron chi connectivity index (χ2n) is 4.64. The summed E-state index contributed by atoms with van der Waals surface area (Å²) in [6.45, 7) is 5.32. The lowest BCUT2D eigenvalue weighted by molar-refractivity contribution is 0.0535. The Morgan fingerprint density at radius 3 is 2.89 bits per heavy atom. The summed E-state index contributed by atoms with van der Waals surface area (Å²) in [5.41, 5.74) is -0.437. The highest BCUT2D eigenvalue weighted by Gasteiger charge is 2.14. The molecule has 0 aliphatic rings. The molecular formula is C13H14ClFN2O2. The number of nitrogens with one attached hydrogen (secondary N) is 1. The predicted molar refractivity (Wildman–Crippen MR) is 70.3 cm³/mol. The van der Waals surface area contributed by atoms with Gasteiger partial charge in [-0.2, -0.15) is 0 Å². The molecule has 1 heterocycles. The molecule has 0 aliphatic carbocycles. The number of amides is 1. The van der Waals surface area contributed by atoms with Crippen LogP contribution in [0.15, 0.2) is 12.3 Å². The molecule has 102 valence electrons. The smallest absolute Gasteiger partial charge is 0.408 e. The number of alkyl carbamates (subject to hydrolysis) is 1. The van der Waals surface area contributed by atoms with Crippen LogP contribution in [0.5, 0.6) is 0 Å². The van der Waals surface area contributed by atoms with E-state index in [1.165, 1.54) is 6.07 Å². The normalized spacial score (nSPS) is 10.4. The molecule has 0 bridgehead atoms. The molecule has 1 aromatic rings. The molecule has 0 spiro atoms. The number of hydrogen-bond donors (Lipinski definition) is 1. The molecule has 0 atom stereocenters. The van der Waals surface area contributed by atoms with E-state index < -0.39 is 17.5 Å². The number of pyridine rings is 1. The Morgan fingerprint density at radius 2 is 2.26 bits per heavy atom. The Hall–Kier alpha value is -1.80. The third-order valence-electron chi connectivity index (χ3n) is 1.77. The predicted octanol–water partition coefficient (Wildman–Crippen LogP) is 2.75. The summed E-state index contributed by atoms with van der Waals surface area (Å²) in [5.74, 6) is 4.59. The van der Waals surface area contributed by atoms with Gasteiger partial charge in [-0.3, -0.25) is 0 Å². The van der Waals surface area contributed by atoms with Crippen LogP contribution in [-0.4, -0.2) is 23.2 Å². The first-order valence-corrected chi connectivity index (χ1v) is 5.92. The van der Waals surface area contributed by atoms with Gasteiger partial charge in [0.1, 0.15) is 10.8 Å². The molecule has 1 aromatic heterocycles. The van der Waals surface area contributed by atoms with Crippen molar-refractivity contribution in [2.45, 2.75) is 26.4 Å². The lowest BCUT2D eigenvalue weighted by Gasteiger charge is -2.18. The standard InChI is InChI=1S/C13H14ClFN2O2/c1-13(2,3)19-12(18)16-6-4-5-9-7-11(14)17-8-10(9)15/h7-8H,6H2,1-3H3,(H,16,18). The zero-order valence-corrected chi connectivity index (χ0v) is 11.6. The molecule has 0 aliphatic heterocycles. The van der Waals surface area contributed by atoms with Crippen LogP contribution in [0.4, 0.5) is 9.18 Å². The van der Waals surface area contributed by atoms with Crippen molar-refractivity contribution in [2.75, 3.05) is 6.54 Å². The summed E-state index contributed by atoms with van der Waals surface area (Å²) < 4.78 is 18.3. The molecule has 6 heteroatoms. The van der Waals surface area contributed by atoms with E-state index in [0.717, 1.165) is 6.20 Å². The van der Waals surface area contributed by atoms with Gasteiger partial charge in [0.2, 0.25) is 0 Å². The fourth-order valence-electron chi connectivity index (χ4n) is 1.08. The highest BCUT2D eigenvalue weighted by Crippen LogP contribution is 2.10. The summed E-state index contributed by atoms with van der Waals surface area (Å²) >= 11 is 5.62. The highest BCUT2D eigenvalue weighted by molar-refractivity contribution is 6.29. The van der Waals surface area contributed by atoms with Gasteiger partial charge < -0.3 is 10.1 Å². The van der Waals surface area contributed by atoms with Gasteiger partial charge >= 0.3 is 6.09 Å². The lowest BCUT2D eigenvalue weighted by atomic mass is 10.2. The summed E-state index contributed by atoms with van der Waals surface area (Å²) in [6, 6.07) is 1.32. The van der Waals surface area contributed by atoms with Gasteiger partial charge in [-0.15, -0.1) is 0 Å². The van der Waals surface area contributed by atoms with Crippen molar-refractivity contribution in [1.29, 1.82) is 0 Å². The van der Waals surface area contributed by atoms with Crippen molar-refractivity contribution in [3.63, 3.8) is 0 Å². The first-order valence-electron chi connectivity index (χ1n) is 5.55. The van der Waals surface area contributed by atoms with Crippen LogP contribution in [0.25, 0.3) is 0 Å².